The van der Waals surface area contributed by atoms with Gasteiger partial charge in [0.2, 0.25) is 12.6 Å². The number of aromatic nitrogens is 3. The second-order valence-corrected chi connectivity index (χ2v) is 11.7. The van der Waals surface area contributed by atoms with Crippen LogP contribution in [-0.2, 0) is 30.2 Å². The topological polar surface area (TPSA) is 191 Å². The van der Waals surface area contributed by atoms with E-state index in [9.17, 15) is 29.1 Å². The Bertz CT molecular complexity index is 1810. The van der Waals surface area contributed by atoms with Crippen molar-refractivity contribution in [2.24, 2.45) is 5.92 Å². The molecule has 0 radical (unpaired) electrons. The molecule has 0 saturated heterocycles. The fourth-order valence-electron chi connectivity index (χ4n) is 4.78. The molecule has 0 bridgehead atoms. The lowest BCUT2D eigenvalue weighted by Gasteiger charge is -2.22. The van der Waals surface area contributed by atoms with Gasteiger partial charge in [-0.05, 0) is 53.3 Å². The zero-order chi connectivity index (χ0) is 35.5. The highest BCUT2D eigenvalue weighted by Gasteiger charge is 2.28. The van der Waals surface area contributed by atoms with E-state index in [1.54, 1.807) is 50.2 Å². The number of aromatic amines is 1. The summed E-state index contributed by atoms with van der Waals surface area (Å²) in [6.45, 7) is 2.50. The number of ether oxygens (including phenoxy) is 3. The van der Waals surface area contributed by atoms with Gasteiger partial charge in [-0.1, -0.05) is 80.0 Å². The molecule has 4 aromatic rings. The van der Waals surface area contributed by atoms with Crippen molar-refractivity contribution >= 4 is 35.5 Å². The van der Waals surface area contributed by atoms with E-state index < -0.39 is 54.6 Å². The summed E-state index contributed by atoms with van der Waals surface area (Å²) >= 11 is 6.14. The van der Waals surface area contributed by atoms with Crippen LogP contribution in [0, 0.1) is 5.92 Å². The minimum Gasteiger partial charge on any atom is -0.453 e. The largest absolute Gasteiger partial charge is 0.453 e. The summed E-state index contributed by atoms with van der Waals surface area (Å²) in [6, 6.07) is 21.3. The molecule has 3 unspecified atom stereocenters. The van der Waals surface area contributed by atoms with Crippen molar-refractivity contribution in [3.63, 3.8) is 0 Å². The van der Waals surface area contributed by atoms with Crippen molar-refractivity contribution in [2.45, 2.75) is 44.9 Å². The summed E-state index contributed by atoms with van der Waals surface area (Å²) in [4.78, 5) is 64.9. The lowest BCUT2D eigenvalue weighted by molar-refractivity contribution is -0.175. The van der Waals surface area contributed by atoms with Crippen LogP contribution in [0.4, 0.5) is 4.79 Å². The number of carbonyl (C=O) groups is 4. The SMILES string of the molecule is COC(=O)NC(C(=O)OCOC(=O)C(O)CC(Cc1ccc(-c2cccc(Cl)c2)cc1)NC(=O)c1nn(-c2ccccc2)c(=O)[nH]1)C(C)C. The number of aliphatic hydroxyl groups excluding tert-OH is 1. The van der Waals surface area contributed by atoms with Crippen LogP contribution in [-0.4, -0.2) is 75.9 Å². The summed E-state index contributed by atoms with van der Waals surface area (Å²) in [6.07, 6.45) is -2.73. The maximum absolute atomic E-state index is 13.3. The normalized spacial score (nSPS) is 12.8. The summed E-state index contributed by atoms with van der Waals surface area (Å²) in [5.74, 6) is -3.39. The number of alkyl carbamates (subject to hydrolysis) is 1. The highest BCUT2D eigenvalue weighted by atomic mass is 35.5. The number of rotatable bonds is 14. The molecule has 1 heterocycles. The number of para-hydroxylation sites is 1. The van der Waals surface area contributed by atoms with Gasteiger partial charge in [0, 0.05) is 17.5 Å². The average Bonchev–Trinajstić information content (AvgIpc) is 3.49. The van der Waals surface area contributed by atoms with Crippen LogP contribution in [0.15, 0.2) is 83.7 Å². The van der Waals surface area contributed by atoms with Crippen LogP contribution in [0.5, 0.6) is 0 Å². The predicted molar refractivity (Wildman–Crippen MR) is 178 cm³/mol. The summed E-state index contributed by atoms with van der Waals surface area (Å²) < 4.78 is 15.5. The molecule has 0 fully saturated rings. The molecule has 0 aliphatic carbocycles. The van der Waals surface area contributed by atoms with Crippen LogP contribution in [0.25, 0.3) is 16.8 Å². The Hall–Kier alpha value is -5.47. The third-order valence-corrected chi connectivity index (χ3v) is 7.56. The Labute approximate surface area is 286 Å². The fourth-order valence-corrected chi connectivity index (χ4v) is 4.98. The van der Waals surface area contributed by atoms with E-state index in [-0.39, 0.29) is 24.6 Å². The van der Waals surface area contributed by atoms with Crippen molar-refractivity contribution in [3.05, 3.63) is 106 Å². The molecule has 0 saturated carbocycles. The number of carbonyl (C=O) groups excluding carboxylic acids is 4. The van der Waals surface area contributed by atoms with E-state index in [0.717, 1.165) is 28.5 Å². The summed E-state index contributed by atoms with van der Waals surface area (Å²) in [7, 11) is 1.14. The molecule has 258 valence electrons. The Morgan fingerprint density at radius 2 is 1.61 bits per heavy atom. The molecule has 14 nitrogen and oxygen atoms in total. The molecule has 0 aliphatic heterocycles. The third-order valence-electron chi connectivity index (χ3n) is 7.32. The molecule has 15 heteroatoms. The lowest BCUT2D eigenvalue weighted by atomic mass is 9.97. The molecule has 3 atom stereocenters. The number of H-pyrrole nitrogens is 1. The number of nitrogens with zero attached hydrogens (tertiary/aromatic N) is 2. The number of amides is 2. The number of hydrogen-bond acceptors (Lipinski definition) is 10. The smallest absolute Gasteiger partial charge is 0.407 e. The highest BCUT2D eigenvalue weighted by molar-refractivity contribution is 6.30. The van der Waals surface area contributed by atoms with E-state index in [2.05, 4.69) is 25.5 Å². The van der Waals surface area contributed by atoms with Gasteiger partial charge in [0.15, 0.2) is 6.10 Å². The molecule has 49 heavy (non-hydrogen) atoms. The van der Waals surface area contributed by atoms with Crippen LogP contribution in [0.3, 0.4) is 0 Å². The van der Waals surface area contributed by atoms with Gasteiger partial charge in [0.25, 0.3) is 5.91 Å². The molecular weight excluding hydrogens is 658 g/mol. The summed E-state index contributed by atoms with van der Waals surface area (Å²) in [5, 5.41) is 20.5. The monoisotopic (exact) mass is 693 g/mol. The van der Waals surface area contributed by atoms with Crippen LogP contribution in [0.2, 0.25) is 5.02 Å². The van der Waals surface area contributed by atoms with Crippen molar-refractivity contribution in [3.8, 4) is 16.8 Å². The van der Waals surface area contributed by atoms with Gasteiger partial charge in [-0.2, -0.15) is 4.68 Å². The number of halogens is 1. The van der Waals surface area contributed by atoms with E-state index in [0.29, 0.717) is 10.7 Å². The second-order valence-electron chi connectivity index (χ2n) is 11.3. The first kappa shape index (κ1) is 36.4. The fraction of sp³-hybridized carbons (Fsp3) is 0.294. The molecule has 4 rings (SSSR count). The Morgan fingerprint density at radius 1 is 0.918 bits per heavy atom. The van der Waals surface area contributed by atoms with Crippen LogP contribution < -0.4 is 16.3 Å². The van der Waals surface area contributed by atoms with E-state index in [1.807, 2.05) is 42.5 Å². The zero-order valence-corrected chi connectivity index (χ0v) is 27.7. The highest BCUT2D eigenvalue weighted by Crippen LogP contribution is 2.23. The number of hydrogen-bond donors (Lipinski definition) is 4. The average molecular weight is 694 g/mol. The minimum absolute atomic E-state index is 0.166. The van der Waals surface area contributed by atoms with Crippen LogP contribution in [0.1, 0.15) is 36.5 Å². The quantitative estimate of drug-likeness (QED) is 0.112. The van der Waals surface area contributed by atoms with Crippen molar-refractivity contribution in [2.75, 3.05) is 13.9 Å². The molecule has 0 aliphatic rings. The molecular formula is C34H36ClN5O9. The number of methoxy groups -OCH3 is 1. The van der Waals surface area contributed by atoms with Gasteiger partial charge in [0.1, 0.15) is 6.04 Å². The first-order chi connectivity index (χ1) is 23.4. The molecule has 0 spiro atoms. The number of aliphatic hydroxyl groups is 1. The molecule has 4 N–H and O–H groups in total. The molecule has 3 aromatic carbocycles. The second kappa shape index (κ2) is 17.1. The van der Waals surface area contributed by atoms with E-state index in [4.69, 9.17) is 21.1 Å². The van der Waals surface area contributed by atoms with Gasteiger partial charge in [0.05, 0.1) is 12.8 Å². The van der Waals surface area contributed by atoms with E-state index in [1.165, 1.54) is 0 Å². The zero-order valence-electron chi connectivity index (χ0n) is 26.9. The summed E-state index contributed by atoms with van der Waals surface area (Å²) in [5.41, 5.74) is 2.37. The standard InChI is InChI=1S/C34H36ClN5O9/c1-20(2)28(37-34(46)47-3)32(44)49-19-48-31(43)27(41)18-25(16-21-12-14-22(15-13-21)23-8-7-9-24(35)17-23)36-30(42)29-38-33(45)40(39-29)26-10-5-4-6-11-26/h4-15,17,20,25,27-28,41H,16,18-19H2,1-3H3,(H,36,42)(H,37,46)(H,38,39,45). The van der Waals surface area contributed by atoms with Gasteiger partial charge in [-0.3, -0.25) is 9.78 Å². The van der Waals surface area contributed by atoms with Crippen molar-refractivity contribution in [1.29, 1.82) is 0 Å². The maximum atomic E-state index is 13.3. The number of nitrogens with one attached hydrogen (secondary N) is 3. The molecule has 1 aromatic heterocycles. The Kier molecular flexibility index (Phi) is 12.7. The van der Waals surface area contributed by atoms with E-state index >= 15 is 0 Å². The Balaban J connectivity index is 1.45. The van der Waals surface area contributed by atoms with Crippen molar-refractivity contribution < 1.29 is 38.5 Å². The number of benzene rings is 3. The van der Waals surface area contributed by atoms with Gasteiger partial charge >= 0.3 is 23.7 Å². The lowest BCUT2D eigenvalue weighted by Crippen LogP contribution is -2.45. The Morgan fingerprint density at radius 3 is 2.27 bits per heavy atom. The van der Waals surface area contributed by atoms with Crippen LogP contribution >= 0.6 is 11.6 Å². The van der Waals surface area contributed by atoms with Gasteiger partial charge in [-0.15, -0.1) is 5.10 Å². The number of esters is 2. The third kappa shape index (κ3) is 10.3. The van der Waals surface area contributed by atoms with Gasteiger partial charge < -0.3 is 30.0 Å². The van der Waals surface area contributed by atoms with Crippen molar-refractivity contribution in [1.82, 2.24) is 25.4 Å². The molecule has 2 amide bonds. The maximum Gasteiger partial charge on any atom is 0.407 e. The first-order valence-electron chi connectivity index (χ1n) is 15.2. The van der Waals surface area contributed by atoms with Gasteiger partial charge in [-0.25, -0.2) is 19.2 Å². The predicted octanol–water partition coefficient (Wildman–Crippen LogP) is 3.40. The first-order valence-corrected chi connectivity index (χ1v) is 15.6. The minimum atomic E-state index is -1.75.